The van der Waals surface area contributed by atoms with Crippen LogP contribution in [0.3, 0.4) is 0 Å². The van der Waals surface area contributed by atoms with Crippen molar-refractivity contribution in [1.82, 2.24) is 16.0 Å². The van der Waals surface area contributed by atoms with Crippen LogP contribution in [-0.2, 0) is 24.0 Å². The molecule has 0 aliphatic heterocycles. The summed E-state index contributed by atoms with van der Waals surface area (Å²) in [5.74, 6) is -4.06. The minimum atomic E-state index is -1.19. The maximum Gasteiger partial charge on any atom is 0.326 e. The van der Waals surface area contributed by atoms with Gasteiger partial charge >= 0.3 is 11.9 Å². The van der Waals surface area contributed by atoms with Crippen molar-refractivity contribution in [2.75, 3.05) is 25.1 Å². The topological polar surface area (TPSA) is 278 Å². The van der Waals surface area contributed by atoms with E-state index in [0.717, 1.165) is 0 Å². The van der Waals surface area contributed by atoms with Gasteiger partial charge in [0.05, 0.1) is 6.04 Å². The van der Waals surface area contributed by atoms with Gasteiger partial charge in [0.2, 0.25) is 17.7 Å². The molecule has 3 amide bonds. The molecule has 0 rings (SSSR count). The Morgan fingerprint density at radius 1 is 0.816 bits per heavy atom. The van der Waals surface area contributed by atoms with Crippen molar-refractivity contribution in [2.45, 2.75) is 75.5 Å². The number of carbonyl (C=O) groups is 5. The Balaban J connectivity index is 5.60. The number of hydrogen-bond acceptors (Lipinski definition) is 9. The van der Waals surface area contributed by atoms with E-state index in [9.17, 15) is 29.1 Å². The molecule has 0 saturated heterocycles. The lowest BCUT2D eigenvalue weighted by molar-refractivity contribution is -0.142. The summed E-state index contributed by atoms with van der Waals surface area (Å²) < 4.78 is 0. The fraction of sp³-hybridized carbons (Fsp3) is 0.727. The third-order valence-electron chi connectivity index (χ3n) is 5.39. The zero-order valence-electron chi connectivity index (χ0n) is 21.7. The Morgan fingerprint density at radius 2 is 1.37 bits per heavy atom. The number of guanidine groups is 1. The van der Waals surface area contributed by atoms with E-state index in [1.807, 2.05) is 6.26 Å². The van der Waals surface area contributed by atoms with Gasteiger partial charge in [-0.3, -0.25) is 24.2 Å². The van der Waals surface area contributed by atoms with Crippen molar-refractivity contribution >= 4 is 47.4 Å². The van der Waals surface area contributed by atoms with Gasteiger partial charge < -0.3 is 49.1 Å². The fourth-order valence-electron chi connectivity index (χ4n) is 3.26. The number of aliphatic carboxylic acids is 2. The monoisotopic (exact) mass is 562 g/mol. The van der Waals surface area contributed by atoms with Crippen LogP contribution in [0.4, 0.5) is 0 Å². The van der Waals surface area contributed by atoms with Gasteiger partial charge in [-0.05, 0) is 63.5 Å². The maximum absolute atomic E-state index is 13.2. The summed E-state index contributed by atoms with van der Waals surface area (Å²) in [6.07, 6.45) is 3.17. The van der Waals surface area contributed by atoms with E-state index >= 15 is 0 Å². The lowest BCUT2D eigenvalue weighted by Crippen LogP contribution is -2.57. The lowest BCUT2D eigenvalue weighted by atomic mass is 10.0. The number of carbonyl (C=O) groups excluding carboxylic acids is 3. The van der Waals surface area contributed by atoms with Crippen LogP contribution in [-0.4, -0.2) is 95.1 Å². The van der Waals surface area contributed by atoms with Gasteiger partial charge in [0, 0.05) is 13.0 Å². The first-order valence-corrected chi connectivity index (χ1v) is 13.7. The molecule has 16 heteroatoms. The van der Waals surface area contributed by atoms with Crippen molar-refractivity contribution in [1.29, 1.82) is 0 Å². The molecule has 0 saturated carbocycles. The highest BCUT2D eigenvalue weighted by atomic mass is 32.2. The summed E-state index contributed by atoms with van der Waals surface area (Å²) in [7, 11) is 0. The molecule has 0 radical (unpaired) electrons. The quantitative estimate of drug-likeness (QED) is 0.0404. The highest BCUT2D eigenvalue weighted by Gasteiger charge is 2.30. The molecular formula is C22H42N8O7S. The smallest absolute Gasteiger partial charge is 0.326 e. The predicted molar refractivity (Wildman–Crippen MR) is 144 cm³/mol. The second-order valence-corrected chi connectivity index (χ2v) is 9.56. The van der Waals surface area contributed by atoms with Crippen LogP contribution in [0.2, 0.25) is 0 Å². The zero-order valence-corrected chi connectivity index (χ0v) is 22.5. The van der Waals surface area contributed by atoms with Crippen LogP contribution in [0.15, 0.2) is 4.99 Å². The molecule has 0 aliphatic rings. The molecular weight excluding hydrogens is 520 g/mol. The number of thioether (sulfide) groups is 1. The van der Waals surface area contributed by atoms with Crippen LogP contribution in [0.1, 0.15) is 51.4 Å². The van der Waals surface area contributed by atoms with Crippen molar-refractivity contribution < 1.29 is 34.2 Å². The van der Waals surface area contributed by atoms with Gasteiger partial charge in [0.25, 0.3) is 0 Å². The molecule has 0 aromatic rings. The average molecular weight is 563 g/mol. The average Bonchev–Trinajstić information content (AvgIpc) is 2.85. The van der Waals surface area contributed by atoms with Crippen molar-refractivity contribution in [3.05, 3.63) is 0 Å². The van der Waals surface area contributed by atoms with E-state index in [-0.39, 0.29) is 44.6 Å². The molecule has 0 aromatic heterocycles. The molecule has 15 nitrogen and oxygen atoms in total. The molecule has 0 aromatic carbocycles. The SMILES string of the molecule is CSCCC(NC(=O)C(CCCCN)NC(=O)C(CCCN=C(N)N)NC(=O)C(N)CCC(=O)O)C(=O)O. The highest BCUT2D eigenvalue weighted by Crippen LogP contribution is 2.07. The molecule has 0 bridgehead atoms. The molecule has 4 atom stereocenters. The molecule has 0 fully saturated rings. The third kappa shape index (κ3) is 15.9. The van der Waals surface area contributed by atoms with Crippen molar-refractivity contribution in [3.8, 4) is 0 Å². The predicted octanol–water partition coefficient (Wildman–Crippen LogP) is -2.35. The number of amides is 3. The fourth-order valence-corrected chi connectivity index (χ4v) is 3.73. The van der Waals surface area contributed by atoms with Crippen LogP contribution < -0.4 is 38.9 Å². The Morgan fingerprint density at radius 3 is 1.87 bits per heavy atom. The first kappa shape index (κ1) is 34.9. The Kier molecular flexibility index (Phi) is 18.3. The molecule has 0 heterocycles. The maximum atomic E-state index is 13.2. The summed E-state index contributed by atoms with van der Waals surface area (Å²) in [5.41, 5.74) is 21.9. The summed E-state index contributed by atoms with van der Waals surface area (Å²) in [6.45, 7) is 0.536. The molecule has 4 unspecified atom stereocenters. The largest absolute Gasteiger partial charge is 0.481 e. The van der Waals surface area contributed by atoms with Crippen LogP contribution in [0.25, 0.3) is 0 Å². The lowest BCUT2D eigenvalue weighted by Gasteiger charge is -2.25. The van der Waals surface area contributed by atoms with Gasteiger partial charge in [-0.25, -0.2) is 4.79 Å². The second kappa shape index (κ2) is 19.9. The van der Waals surface area contributed by atoms with Gasteiger partial charge in [-0.15, -0.1) is 0 Å². The van der Waals surface area contributed by atoms with E-state index in [2.05, 4.69) is 20.9 Å². The molecule has 0 spiro atoms. The van der Waals surface area contributed by atoms with Crippen LogP contribution >= 0.6 is 11.8 Å². The highest BCUT2D eigenvalue weighted by molar-refractivity contribution is 7.98. The van der Waals surface area contributed by atoms with Crippen molar-refractivity contribution in [3.63, 3.8) is 0 Å². The number of nitrogens with one attached hydrogen (secondary N) is 3. The van der Waals surface area contributed by atoms with Gasteiger partial charge in [-0.2, -0.15) is 11.8 Å². The Bertz CT molecular complexity index is 811. The third-order valence-corrected chi connectivity index (χ3v) is 6.03. The van der Waals surface area contributed by atoms with Crippen LogP contribution in [0, 0.1) is 0 Å². The minimum absolute atomic E-state index is 0.0859. The van der Waals surface area contributed by atoms with E-state index in [1.54, 1.807) is 0 Å². The summed E-state index contributed by atoms with van der Waals surface area (Å²) in [5, 5.41) is 25.8. The summed E-state index contributed by atoms with van der Waals surface area (Å²) >= 11 is 1.43. The number of unbranched alkanes of at least 4 members (excludes halogenated alkanes) is 1. The van der Waals surface area contributed by atoms with E-state index < -0.39 is 53.8 Å². The number of aliphatic imine (C=N–C) groups is 1. The first-order chi connectivity index (χ1) is 17.9. The van der Waals surface area contributed by atoms with E-state index in [1.165, 1.54) is 11.8 Å². The summed E-state index contributed by atoms with van der Waals surface area (Å²) in [6, 6.07) is -4.52. The number of rotatable bonds is 21. The summed E-state index contributed by atoms with van der Waals surface area (Å²) in [4.78, 5) is 64.8. The van der Waals surface area contributed by atoms with Gasteiger partial charge in [-0.1, -0.05) is 0 Å². The Labute approximate surface area is 226 Å². The molecule has 38 heavy (non-hydrogen) atoms. The zero-order chi connectivity index (χ0) is 29.1. The Hall–Kier alpha value is -3.11. The van der Waals surface area contributed by atoms with Crippen LogP contribution in [0.5, 0.6) is 0 Å². The number of carboxylic acids is 2. The second-order valence-electron chi connectivity index (χ2n) is 8.58. The standard InChI is InChI=1S/C22H42N8O7S/c1-38-12-9-16(21(36)37)30-20(35)14(5-2-3-10-23)29-19(34)15(6-4-11-27-22(25)26)28-18(33)13(24)7-8-17(31)32/h13-16H,2-12,23-24H2,1H3,(H,28,33)(H,29,34)(H,30,35)(H,31,32)(H,36,37)(H4,25,26,27). The van der Waals surface area contributed by atoms with Crippen molar-refractivity contribution in [2.24, 2.45) is 27.9 Å². The number of hydrogen-bond donors (Lipinski definition) is 9. The van der Waals surface area contributed by atoms with Gasteiger partial charge in [0.1, 0.15) is 18.1 Å². The van der Waals surface area contributed by atoms with E-state index in [0.29, 0.717) is 31.6 Å². The minimum Gasteiger partial charge on any atom is -0.481 e. The number of carboxylic acid groups (broad SMARTS) is 2. The van der Waals surface area contributed by atoms with Gasteiger partial charge in [0.15, 0.2) is 5.96 Å². The first-order valence-electron chi connectivity index (χ1n) is 12.3. The number of nitrogens with zero attached hydrogens (tertiary/aromatic N) is 1. The normalized spacial score (nSPS) is 13.9. The molecule has 218 valence electrons. The van der Waals surface area contributed by atoms with E-state index in [4.69, 9.17) is 28.0 Å². The molecule has 13 N–H and O–H groups in total. The number of nitrogens with two attached hydrogens (primary N) is 4. The molecule has 0 aliphatic carbocycles.